The summed E-state index contributed by atoms with van der Waals surface area (Å²) in [4.78, 5) is 0. The molecule has 1 saturated heterocycles. The minimum atomic E-state index is -0.488. The van der Waals surface area contributed by atoms with Crippen LogP contribution >= 0.6 is 11.8 Å². The van der Waals surface area contributed by atoms with Gasteiger partial charge in [-0.05, 0) is 61.8 Å². The lowest BCUT2D eigenvalue weighted by Crippen LogP contribution is -2.43. The van der Waals surface area contributed by atoms with E-state index in [0.29, 0.717) is 6.54 Å². The highest BCUT2D eigenvalue weighted by Gasteiger charge is 2.28. The molecule has 1 fully saturated rings. The van der Waals surface area contributed by atoms with E-state index in [0.717, 1.165) is 30.9 Å². The molecule has 0 unspecified atom stereocenters. The Morgan fingerprint density at radius 3 is 2.32 bits per heavy atom. The van der Waals surface area contributed by atoms with Crippen LogP contribution in [0.4, 0.5) is 0 Å². The topological polar surface area (TPSA) is 32.3 Å². The number of aliphatic hydroxyl groups is 1. The maximum absolute atomic E-state index is 10.5. The summed E-state index contributed by atoms with van der Waals surface area (Å²) in [6, 6.07) is 4.46. The van der Waals surface area contributed by atoms with Crippen molar-refractivity contribution in [2.75, 3.05) is 18.1 Å². The summed E-state index contributed by atoms with van der Waals surface area (Å²) in [5, 5.41) is 13.9. The van der Waals surface area contributed by atoms with Gasteiger partial charge in [0.2, 0.25) is 0 Å². The molecule has 3 heteroatoms. The first-order valence-electron chi connectivity index (χ1n) is 7.08. The Balaban J connectivity index is 1.92. The molecule has 0 spiro atoms. The quantitative estimate of drug-likeness (QED) is 0.889. The highest BCUT2D eigenvalue weighted by molar-refractivity contribution is 7.99. The summed E-state index contributed by atoms with van der Waals surface area (Å²) in [7, 11) is 0. The zero-order valence-corrected chi connectivity index (χ0v) is 13.1. The molecule has 1 aliphatic heterocycles. The summed E-state index contributed by atoms with van der Waals surface area (Å²) >= 11 is 1.95. The number of rotatable bonds is 4. The van der Waals surface area contributed by atoms with Gasteiger partial charge in [-0.1, -0.05) is 17.7 Å². The number of nitrogens with one attached hydrogen (secondary N) is 1. The molecule has 0 saturated carbocycles. The molecule has 0 radical (unpaired) electrons. The van der Waals surface area contributed by atoms with Gasteiger partial charge in [-0.3, -0.25) is 0 Å². The third kappa shape index (κ3) is 3.98. The Morgan fingerprint density at radius 1 is 1.16 bits per heavy atom. The first kappa shape index (κ1) is 14.9. The number of benzene rings is 1. The standard InChI is InChI=1S/C16H25NOS/c1-12-8-13(2)15(14(3)9-12)10-17-11-16(18)4-6-19-7-5-16/h8-9,17-18H,4-7,10-11H2,1-3H3. The number of thioether (sulfide) groups is 1. The molecule has 1 aliphatic rings. The van der Waals surface area contributed by atoms with Crippen molar-refractivity contribution in [3.05, 3.63) is 34.4 Å². The van der Waals surface area contributed by atoms with Crippen molar-refractivity contribution >= 4 is 11.8 Å². The Morgan fingerprint density at radius 2 is 1.74 bits per heavy atom. The molecule has 0 bridgehead atoms. The van der Waals surface area contributed by atoms with Crippen molar-refractivity contribution < 1.29 is 5.11 Å². The van der Waals surface area contributed by atoms with Crippen molar-refractivity contribution in [3.8, 4) is 0 Å². The van der Waals surface area contributed by atoms with Gasteiger partial charge in [0.15, 0.2) is 0 Å². The average molecular weight is 279 g/mol. The third-order valence-corrected chi connectivity index (χ3v) is 5.01. The molecular weight excluding hydrogens is 254 g/mol. The van der Waals surface area contributed by atoms with E-state index in [1.807, 2.05) is 11.8 Å². The van der Waals surface area contributed by atoms with Crippen molar-refractivity contribution in [2.24, 2.45) is 0 Å². The molecule has 2 nitrogen and oxygen atoms in total. The molecule has 1 heterocycles. The molecule has 2 rings (SSSR count). The number of hydrogen-bond acceptors (Lipinski definition) is 3. The normalized spacial score (nSPS) is 18.5. The van der Waals surface area contributed by atoms with E-state index in [2.05, 4.69) is 38.2 Å². The Kier molecular flexibility index (Phi) is 4.93. The van der Waals surface area contributed by atoms with Gasteiger partial charge in [-0.15, -0.1) is 0 Å². The van der Waals surface area contributed by atoms with E-state index >= 15 is 0 Å². The summed E-state index contributed by atoms with van der Waals surface area (Å²) < 4.78 is 0. The molecule has 0 aliphatic carbocycles. The fourth-order valence-electron chi connectivity index (χ4n) is 2.84. The highest BCUT2D eigenvalue weighted by Crippen LogP contribution is 2.26. The lowest BCUT2D eigenvalue weighted by molar-refractivity contribution is 0.0320. The van der Waals surface area contributed by atoms with Crippen LogP contribution in [-0.2, 0) is 6.54 Å². The molecule has 2 N–H and O–H groups in total. The fraction of sp³-hybridized carbons (Fsp3) is 0.625. The fourth-order valence-corrected chi connectivity index (χ4v) is 4.09. The van der Waals surface area contributed by atoms with Gasteiger partial charge < -0.3 is 10.4 Å². The molecule has 106 valence electrons. The minimum Gasteiger partial charge on any atom is -0.389 e. The van der Waals surface area contributed by atoms with E-state index in [-0.39, 0.29) is 0 Å². The van der Waals surface area contributed by atoms with Crippen LogP contribution in [0.5, 0.6) is 0 Å². The van der Waals surface area contributed by atoms with Crippen LogP contribution in [0.2, 0.25) is 0 Å². The summed E-state index contributed by atoms with van der Waals surface area (Å²) in [6.07, 6.45) is 1.83. The molecule has 1 aromatic rings. The van der Waals surface area contributed by atoms with Crippen LogP contribution in [0.15, 0.2) is 12.1 Å². The summed E-state index contributed by atoms with van der Waals surface area (Å²) in [6.45, 7) is 8.04. The van der Waals surface area contributed by atoms with Crippen LogP contribution in [0, 0.1) is 20.8 Å². The molecule has 19 heavy (non-hydrogen) atoms. The van der Waals surface area contributed by atoms with Gasteiger partial charge in [-0.2, -0.15) is 11.8 Å². The molecular formula is C16H25NOS. The molecule has 1 aromatic carbocycles. The van der Waals surface area contributed by atoms with Gasteiger partial charge in [0.25, 0.3) is 0 Å². The largest absolute Gasteiger partial charge is 0.389 e. The van der Waals surface area contributed by atoms with Crippen molar-refractivity contribution in [1.82, 2.24) is 5.32 Å². The zero-order valence-electron chi connectivity index (χ0n) is 12.3. The Labute approximate surface area is 121 Å². The number of hydrogen-bond donors (Lipinski definition) is 2. The maximum atomic E-state index is 10.5. The first-order valence-corrected chi connectivity index (χ1v) is 8.23. The second-order valence-corrected chi connectivity index (χ2v) is 7.04. The smallest absolute Gasteiger partial charge is 0.0787 e. The lowest BCUT2D eigenvalue weighted by Gasteiger charge is -2.32. The van der Waals surface area contributed by atoms with Crippen LogP contribution < -0.4 is 5.32 Å². The van der Waals surface area contributed by atoms with E-state index in [4.69, 9.17) is 0 Å². The monoisotopic (exact) mass is 279 g/mol. The highest BCUT2D eigenvalue weighted by atomic mass is 32.2. The van der Waals surface area contributed by atoms with Crippen molar-refractivity contribution in [2.45, 2.75) is 45.8 Å². The van der Waals surface area contributed by atoms with Gasteiger partial charge in [-0.25, -0.2) is 0 Å². The second kappa shape index (κ2) is 6.29. The Bertz CT molecular complexity index is 415. The Hall–Kier alpha value is -0.510. The van der Waals surface area contributed by atoms with E-state index in [1.165, 1.54) is 22.3 Å². The lowest BCUT2D eigenvalue weighted by atomic mass is 9.96. The second-order valence-electron chi connectivity index (χ2n) is 5.82. The van der Waals surface area contributed by atoms with Crippen LogP contribution in [-0.4, -0.2) is 28.8 Å². The van der Waals surface area contributed by atoms with Crippen LogP contribution in [0.1, 0.15) is 35.1 Å². The van der Waals surface area contributed by atoms with E-state index < -0.39 is 5.60 Å². The summed E-state index contributed by atoms with van der Waals surface area (Å²) in [5.74, 6) is 2.17. The predicted octanol–water partition coefficient (Wildman–Crippen LogP) is 2.96. The van der Waals surface area contributed by atoms with Gasteiger partial charge >= 0.3 is 0 Å². The third-order valence-electron chi connectivity index (χ3n) is 4.02. The van der Waals surface area contributed by atoms with E-state index in [9.17, 15) is 5.11 Å². The summed E-state index contributed by atoms with van der Waals surface area (Å²) in [5.41, 5.74) is 4.89. The average Bonchev–Trinajstić information content (AvgIpc) is 2.33. The zero-order chi connectivity index (χ0) is 13.9. The minimum absolute atomic E-state index is 0.488. The van der Waals surface area contributed by atoms with Crippen molar-refractivity contribution in [3.63, 3.8) is 0 Å². The first-order chi connectivity index (χ1) is 9.00. The molecule has 0 atom stereocenters. The van der Waals surface area contributed by atoms with E-state index in [1.54, 1.807) is 0 Å². The van der Waals surface area contributed by atoms with Gasteiger partial charge in [0.05, 0.1) is 5.60 Å². The van der Waals surface area contributed by atoms with Crippen LogP contribution in [0.25, 0.3) is 0 Å². The number of aryl methyl sites for hydroxylation is 3. The SMILES string of the molecule is Cc1cc(C)c(CNCC2(O)CCSCC2)c(C)c1. The van der Waals surface area contributed by atoms with Gasteiger partial charge in [0.1, 0.15) is 0 Å². The molecule has 0 aromatic heterocycles. The predicted molar refractivity (Wildman–Crippen MR) is 83.9 cm³/mol. The maximum Gasteiger partial charge on any atom is 0.0787 e. The van der Waals surface area contributed by atoms with Crippen molar-refractivity contribution in [1.29, 1.82) is 0 Å². The van der Waals surface area contributed by atoms with Gasteiger partial charge in [0, 0.05) is 13.1 Å². The molecule has 0 amide bonds. The van der Waals surface area contributed by atoms with Crippen LogP contribution in [0.3, 0.4) is 0 Å².